The van der Waals surface area contributed by atoms with Crippen LogP contribution >= 0.6 is 11.3 Å². The molecule has 1 atom stereocenters. The number of likely N-dealkylation sites (N-methyl/N-ethyl adjacent to an activating group) is 1. The van der Waals surface area contributed by atoms with Crippen molar-refractivity contribution in [1.29, 1.82) is 0 Å². The number of rotatable bonds is 4. The summed E-state index contributed by atoms with van der Waals surface area (Å²) in [5, 5.41) is 1.97. The minimum absolute atomic E-state index is 0.0298. The van der Waals surface area contributed by atoms with Crippen LogP contribution in [0.2, 0.25) is 0 Å². The lowest BCUT2D eigenvalue weighted by atomic mass is 10.2. The number of amides is 1. The Labute approximate surface area is 117 Å². The van der Waals surface area contributed by atoms with Gasteiger partial charge in [-0.25, -0.2) is 8.42 Å². The van der Waals surface area contributed by atoms with Crippen LogP contribution in [0.4, 0.5) is 0 Å². The molecule has 0 spiro atoms. The van der Waals surface area contributed by atoms with Crippen LogP contribution in [0, 0.1) is 0 Å². The van der Waals surface area contributed by atoms with Crippen LogP contribution in [0.15, 0.2) is 17.5 Å². The van der Waals surface area contributed by atoms with Gasteiger partial charge in [-0.2, -0.15) is 4.31 Å². The topological polar surface area (TPSA) is 57.7 Å². The zero-order valence-electron chi connectivity index (χ0n) is 11.1. The third-order valence-electron chi connectivity index (χ3n) is 3.44. The van der Waals surface area contributed by atoms with Gasteiger partial charge in [0, 0.05) is 18.5 Å². The Balaban J connectivity index is 2.00. The molecule has 1 aliphatic heterocycles. The fraction of sp³-hybridized carbons (Fsp3) is 0.583. The van der Waals surface area contributed by atoms with Gasteiger partial charge in [0.1, 0.15) is 0 Å². The van der Waals surface area contributed by atoms with Gasteiger partial charge in [-0.15, -0.1) is 11.3 Å². The number of sulfonamides is 1. The predicted octanol–water partition coefficient (Wildman–Crippen LogP) is 1.30. The van der Waals surface area contributed by atoms with Gasteiger partial charge >= 0.3 is 0 Å². The molecule has 0 radical (unpaired) electrons. The van der Waals surface area contributed by atoms with Gasteiger partial charge in [-0.3, -0.25) is 4.79 Å². The first-order valence-corrected chi connectivity index (χ1v) is 8.67. The molecule has 1 amide bonds. The summed E-state index contributed by atoms with van der Waals surface area (Å²) < 4.78 is 24.6. The standard InChI is InChI=1S/C12H18N2O3S2/c1-10(11-5-3-7-18-11)13(2)12(15)9-14-6-4-8-19(14,16)17/h3,5,7,10H,4,6,8-9H2,1-2H3. The van der Waals surface area contributed by atoms with Crippen LogP contribution in [0.1, 0.15) is 24.3 Å². The molecule has 19 heavy (non-hydrogen) atoms. The summed E-state index contributed by atoms with van der Waals surface area (Å²) in [5.41, 5.74) is 0. The van der Waals surface area contributed by atoms with Gasteiger partial charge in [-0.05, 0) is 24.8 Å². The molecule has 1 fully saturated rings. The quantitative estimate of drug-likeness (QED) is 0.842. The van der Waals surface area contributed by atoms with Crippen LogP contribution in [0.25, 0.3) is 0 Å². The summed E-state index contributed by atoms with van der Waals surface area (Å²) >= 11 is 1.59. The van der Waals surface area contributed by atoms with E-state index in [1.807, 2.05) is 24.4 Å². The average Bonchev–Trinajstić information content (AvgIpc) is 2.98. The Bertz CT molecular complexity index is 539. The molecule has 1 aromatic rings. The van der Waals surface area contributed by atoms with Crippen molar-refractivity contribution in [2.24, 2.45) is 0 Å². The van der Waals surface area contributed by atoms with Crippen molar-refractivity contribution in [1.82, 2.24) is 9.21 Å². The third-order valence-corrected chi connectivity index (χ3v) is 6.39. The summed E-state index contributed by atoms with van der Waals surface area (Å²) in [5.74, 6) is -0.00355. The highest BCUT2D eigenvalue weighted by Gasteiger charge is 2.31. The molecule has 5 nitrogen and oxygen atoms in total. The van der Waals surface area contributed by atoms with Gasteiger partial charge in [0.2, 0.25) is 15.9 Å². The maximum absolute atomic E-state index is 12.1. The fourth-order valence-electron chi connectivity index (χ4n) is 2.07. The Morgan fingerprint density at radius 1 is 1.58 bits per heavy atom. The van der Waals surface area contributed by atoms with E-state index < -0.39 is 10.0 Å². The summed E-state index contributed by atoms with van der Waals surface area (Å²) in [6.45, 7) is 2.35. The second kappa shape index (κ2) is 5.60. The van der Waals surface area contributed by atoms with Crippen molar-refractivity contribution in [2.75, 3.05) is 25.9 Å². The van der Waals surface area contributed by atoms with Crippen molar-refractivity contribution in [3.05, 3.63) is 22.4 Å². The van der Waals surface area contributed by atoms with Crippen LogP contribution in [-0.2, 0) is 14.8 Å². The molecule has 2 rings (SSSR count). The molecule has 0 aromatic carbocycles. The van der Waals surface area contributed by atoms with E-state index in [9.17, 15) is 13.2 Å². The Morgan fingerprint density at radius 3 is 2.84 bits per heavy atom. The molecule has 1 saturated heterocycles. The van der Waals surface area contributed by atoms with E-state index in [2.05, 4.69) is 0 Å². The molecule has 0 aliphatic carbocycles. The highest BCUT2D eigenvalue weighted by molar-refractivity contribution is 7.89. The molecular weight excluding hydrogens is 284 g/mol. The highest BCUT2D eigenvalue weighted by Crippen LogP contribution is 2.24. The van der Waals surface area contributed by atoms with Gasteiger partial charge in [-0.1, -0.05) is 6.07 Å². The monoisotopic (exact) mass is 302 g/mol. The molecule has 0 saturated carbocycles. The fourth-order valence-corrected chi connectivity index (χ4v) is 4.36. The summed E-state index contributed by atoms with van der Waals surface area (Å²) in [6.07, 6.45) is 0.611. The second-order valence-electron chi connectivity index (χ2n) is 4.70. The molecule has 0 N–H and O–H groups in total. The van der Waals surface area contributed by atoms with Crippen LogP contribution < -0.4 is 0 Å². The Morgan fingerprint density at radius 2 is 2.32 bits per heavy atom. The Hall–Kier alpha value is -0.920. The number of thiophene rings is 1. The maximum Gasteiger partial charge on any atom is 0.238 e. The highest BCUT2D eigenvalue weighted by atomic mass is 32.2. The smallest absolute Gasteiger partial charge is 0.238 e. The zero-order valence-corrected chi connectivity index (χ0v) is 12.7. The normalized spacial score (nSPS) is 20.3. The van der Waals surface area contributed by atoms with E-state index in [1.165, 1.54) is 4.31 Å². The first-order valence-electron chi connectivity index (χ1n) is 6.18. The van der Waals surface area contributed by atoms with Crippen molar-refractivity contribution in [3.8, 4) is 0 Å². The molecule has 1 aromatic heterocycles. The number of hydrogen-bond donors (Lipinski definition) is 0. The maximum atomic E-state index is 12.1. The second-order valence-corrected chi connectivity index (χ2v) is 7.77. The zero-order chi connectivity index (χ0) is 14.0. The molecular formula is C12H18N2O3S2. The van der Waals surface area contributed by atoms with E-state index in [0.717, 1.165) is 4.88 Å². The Kier molecular flexibility index (Phi) is 4.27. The van der Waals surface area contributed by atoms with Gasteiger partial charge in [0.05, 0.1) is 18.3 Å². The third kappa shape index (κ3) is 3.16. The summed E-state index contributed by atoms with van der Waals surface area (Å²) in [4.78, 5) is 14.9. The van der Waals surface area contributed by atoms with Crippen molar-refractivity contribution in [3.63, 3.8) is 0 Å². The molecule has 1 aliphatic rings. The molecule has 106 valence electrons. The SMILES string of the molecule is CC(c1cccs1)N(C)C(=O)CN1CCCS1(=O)=O. The van der Waals surface area contributed by atoms with E-state index in [4.69, 9.17) is 0 Å². The lowest BCUT2D eigenvalue weighted by molar-refractivity contribution is -0.131. The van der Waals surface area contributed by atoms with Gasteiger partial charge < -0.3 is 4.90 Å². The number of nitrogens with zero attached hydrogens (tertiary/aromatic N) is 2. The van der Waals surface area contributed by atoms with Gasteiger partial charge in [0.25, 0.3) is 0 Å². The van der Waals surface area contributed by atoms with Crippen LogP contribution in [0.5, 0.6) is 0 Å². The van der Waals surface area contributed by atoms with E-state index in [1.54, 1.807) is 23.3 Å². The molecule has 2 heterocycles. The molecule has 0 bridgehead atoms. The van der Waals surface area contributed by atoms with Crippen molar-refractivity contribution < 1.29 is 13.2 Å². The minimum atomic E-state index is -3.21. The van der Waals surface area contributed by atoms with Gasteiger partial charge in [0.15, 0.2) is 0 Å². The lowest BCUT2D eigenvalue weighted by Crippen LogP contribution is -2.40. The van der Waals surface area contributed by atoms with Crippen molar-refractivity contribution >= 4 is 27.3 Å². The average molecular weight is 302 g/mol. The van der Waals surface area contributed by atoms with E-state index >= 15 is 0 Å². The number of carbonyl (C=O) groups is 1. The minimum Gasteiger partial charge on any atom is -0.337 e. The first kappa shape index (κ1) is 14.5. The van der Waals surface area contributed by atoms with Crippen LogP contribution in [0.3, 0.4) is 0 Å². The van der Waals surface area contributed by atoms with Crippen molar-refractivity contribution in [2.45, 2.75) is 19.4 Å². The molecule has 7 heteroatoms. The number of carbonyl (C=O) groups excluding carboxylic acids is 1. The lowest BCUT2D eigenvalue weighted by Gasteiger charge is -2.26. The first-order chi connectivity index (χ1) is 8.92. The predicted molar refractivity (Wildman–Crippen MR) is 75.5 cm³/mol. The number of hydrogen-bond acceptors (Lipinski definition) is 4. The van der Waals surface area contributed by atoms with Crippen LogP contribution in [-0.4, -0.2) is 49.4 Å². The van der Waals surface area contributed by atoms with E-state index in [0.29, 0.717) is 13.0 Å². The summed E-state index contributed by atoms with van der Waals surface area (Å²) in [6, 6.07) is 3.89. The largest absolute Gasteiger partial charge is 0.337 e. The van der Waals surface area contributed by atoms with E-state index in [-0.39, 0.29) is 24.2 Å². The summed E-state index contributed by atoms with van der Waals surface area (Å²) in [7, 11) is -1.49. The molecule has 1 unspecified atom stereocenters.